The summed E-state index contributed by atoms with van der Waals surface area (Å²) in [5.41, 5.74) is 12.0. The number of nitrogen functional groups attached to an aromatic ring is 1. The van der Waals surface area contributed by atoms with Gasteiger partial charge in [0.1, 0.15) is 5.82 Å². The lowest BCUT2D eigenvalue weighted by molar-refractivity contribution is 0.628. The number of hydrogen-bond donors (Lipinski definition) is 1. The summed E-state index contributed by atoms with van der Waals surface area (Å²) in [6.07, 6.45) is 2.74. The molecule has 0 radical (unpaired) electrons. The second-order valence-electron chi connectivity index (χ2n) is 5.20. The van der Waals surface area contributed by atoms with Gasteiger partial charge < -0.3 is 5.73 Å². The van der Waals surface area contributed by atoms with Crippen molar-refractivity contribution in [1.29, 1.82) is 0 Å². The molecule has 2 aromatic carbocycles. The van der Waals surface area contributed by atoms with E-state index in [1.807, 2.05) is 0 Å². The Morgan fingerprint density at radius 2 is 1.52 bits per heavy atom. The Balaban J connectivity index is 2.79. The molecule has 0 fully saturated rings. The van der Waals surface area contributed by atoms with Crippen LogP contribution < -0.4 is 5.73 Å². The Labute approximate surface area is 130 Å². The van der Waals surface area contributed by atoms with E-state index in [2.05, 4.69) is 32.9 Å². The topological polar surface area (TPSA) is 26.0 Å². The van der Waals surface area contributed by atoms with Crippen LogP contribution in [0.2, 0.25) is 5.02 Å². The van der Waals surface area contributed by atoms with Gasteiger partial charge in [-0.2, -0.15) is 0 Å². The largest absolute Gasteiger partial charge is 0.397 e. The van der Waals surface area contributed by atoms with E-state index in [-0.39, 0.29) is 10.8 Å². The number of hydrogen-bond acceptors (Lipinski definition) is 1. The van der Waals surface area contributed by atoms with E-state index in [4.69, 9.17) is 17.3 Å². The Hall–Kier alpha value is -1.54. The van der Waals surface area contributed by atoms with Gasteiger partial charge in [-0.3, -0.25) is 0 Å². The molecule has 2 rings (SSSR count). The van der Waals surface area contributed by atoms with Crippen molar-refractivity contribution in [1.82, 2.24) is 0 Å². The second-order valence-corrected chi connectivity index (χ2v) is 5.61. The predicted molar refractivity (Wildman–Crippen MR) is 89.4 cm³/mol. The summed E-state index contributed by atoms with van der Waals surface area (Å²) >= 11 is 6.05. The molecule has 0 amide bonds. The van der Waals surface area contributed by atoms with Gasteiger partial charge in [0, 0.05) is 5.56 Å². The fourth-order valence-electron chi connectivity index (χ4n) is 2.74. The van der Waals surface area contributed by atoms with E-state index in [0.29, 0.717) is 11.3 Å². The lowest BCUT2D eigenvalue weighted by Gasteiger charge is -2.18. The Bertz CT molecular complexity index is 640. The van der Waals surface area contributed by atoms with E-state index in [0.717, 1.165) is 24.8 Å². The predicted octanol–water partition coefficient (Wildman–Crippen LogP) is 5.42. The molecule has 0 heterocycles. The van der Waals surface area contributed by atoms with Crippen LogP contribution >= 0.6 is 11.6 Å². The number of halogens is 2. The highest BCUT2D eigenvalue weighted by atomic mass is 35.5. The Morgan fingerprint density at radius 3 is 2.00 bits per heavy atom. The van der Waals surface area contributed by atoms with Crippen molar-refractivity contribution in [2.75, 3.05) is 5.73 Å². The smallest absolute Gasteiger partial charge is 0.125 e. The first-order valence-corrected chi connectivity index (χ1v) is 7.79. The minimum absolute atomic E-state index is 0.272. The second kappa shape index (κ2) is 6.48. The van der Waals surface area contributed by atoms with Crippen LogP contribution in [0.15, 0.2) is 24.3 Å². The van der Waals surface area contributed by atoms with Crippen LogP contribution in [-0.4, -0.2) is 0 Å². The normalized spacial score (nSPS) is 10.9. The van der Waals surface area contributed by atoms with Crippen LogP contribution in [0.5, 0.6) is 0 Å². The third-order valence-electron chi connectivity index (χ3n) is 3.90. The van der Waals surface area contributed by atoms with Gasteiger partial charge in [-0.05, 0) is 53.6 Å². The molecule has 0 unspecified atom stereocenters. The number of aryl methyl sites for hydroxylation is 3. The van der Waals surface area contributed by atoms with Crippen molar-refractivity contribution in [3.63, 3.8) is 0 Å². The molecule has 2 N–H and O–H groups in total. The Morgan fingerprint density at radius 1 is 0.952 bits per heavy atom. The van der Waals surface area contributed by atoms with Gasteiger partial charge in [0.15, 0.2) is 0 Å². The Kier molecular flexibility index (Phi) is 4.89. The molecular weight excluding hydrogens is 285 g/mol. The zero-order chi connectivity index (χ0) is 15.6. The highest BCUT2D eigenvalue weighted by Crippen LogP contribution is 2.38. The summed E-state index contributed by atoms with van der Waals surface area (Å²) < 4.78 is 13.8. The van der Waals surface area contributed by atoms with Gasteiger partial charge >= 0.3 is 0 Å². The van der Waals surface area contributed by atoms with E-state index < -0.39 is 0 Å². The van der Waals surface area contributed by atoms with E-state index in [1.54, 1.807) is 0 Å². The van der Waals surface area contributed by atoms with Crippen molar-refractivity contribution < 1.29 is 4.39 Å². The average Bonchev–Trinajstić information content (AvgIpc) is 2.49. The SMILES string of the molecule is CCc1cc(CC)c(-c2cc(F)cc(Cl)c2N)c(CC)c1. The number of anilines is 1. The van der Waals surface area contributed by atoms with Crippen molar-refractivity contribution in [3.8, 4) is 11.1 Å². The van der Waals surface area contributed by atoms with Crippen molar-refractivity contribution in [2.24, 2.45) is 0 Å². The van der Waals surface area contributed by atoms with Crippen molar-refractivity contribution in [3.05, 3.63) is 51.8 Å². The first-order valence-electron chi connectivity index (χ1n) is 7.41. The molecule has 21 heavy (non-hydrogen) atoms. The average molecular weight is 306 g/mol. The minimum Gasteiger partial charge on any atom is -0.397 e. The van der Waals surface area contributed by atoms with Gasteiger partial charge in [-0.25, -0.2) is 4.39 Å². The monoisotopic (exact) mass is 305 g/mol. The molecule has 0 saturated carbocycles. The summed E-state index contributed by atoms with van der Waals surface area (Å²) in [6.45, 7) is 6.35. The van der Waals surface area contributed by atoms with Crippen molar-refractivity contribution in [2.45, 2.75) is 40.0 Å². The van der Waals surface area contributed by atoms with Gasteiger partial charge in [0.05, 0.1) is 10.7 Å². The molecule has 0 aliphatic heterocycles. The third-order valence-corrected chi connectivity index (χ3v) is 4.21. The van der Waals surface area contributed by atoms with Crippen LogP contribution in [0, 0.1) is 5.82 Å². The van der Waals surface area contributed by atoms with E-state index in [9.17, 15) is 4.39 Å². The highest BCUT2D eigenvalue weighted by molar-refractivity contribution is 6.33. The standard InChI is InChI=1S/C18H21ClFN/c1-4-11-7-12(5-2)17(13(6-3)8-11)15-9-14(20)10-16(19)18(15)21/h7-10H,4-6,21H2,1-3H3. The summed E-state index contributed by atoms with van der Waals surface area (Å²) in [7, 11) is 0. The van der Waals surface area contributed by atoms with Crippen LogP contribution in [0.4, 0.5) is 10.1 Å². The van der Waals surface area contributed by atoms with Crippen LogP contribution in [0.1, 0.15) is 37.5 Å². The maximum Gasteiger partial charge on any atom is 0.125 e. The summed E-state index contributed by atoms with van der Waals surface area (Å²) in [4.78, 5) is 0. The fraction of sp³-hybridized carbons (Fsp3) is 0.333. The number of nitrogens with two attached hydrogens (primary N) is 1. The van der Waals surface area contributed by atoms with Gasteiger partial charge in [0.2, 0.25) is 0 Å². The molecule has 112 valence electrons. The summed E-state index contributed by atoms with van der Waals surface area (Å²) in [5.74, 6) is -0.354. The number of benzene rings is 2. The first kappa shape index (κ1) is 15.8. The maximum absolute atomic E-state index is 13.8. The van der Waals surface area contributed by atoms with E-state index in [1.165, 1.54) is 28.8 Å². The molecule has 0 saturated heterocycles. The quantitative estimate of drug-likeness (QED) is 0.750. The zero-order valence-corrected chi connectivity index (χ0v) is 13.5. The highest BCUT2D eigenvalue weighted by Gasteiger charge is 2.16. The molecule has 0 spiro atoms. The zero-order valence-electron chi connectivity index (χ0n) is 12.8. The van der Waals surface area contributed by atoms with Crippen LogP contribution in [0.3, 0.4) is 0 Å². The third kappa shape index (κ3) is 3.06. The summed E-state index contributed by atoms with van der Waals surface area (Å²) in [5, 5.41) is 0.272. The lowest BCUT2D eigenvalue weighted by Crippen LogP contribution is -2.01. The van der Waals surface area contributed by atoms with Crippen LogP contribution in [-0.2, 0) is 19.3 Å². The molecule has 0 aliphatic rings. The molecule has 0 aliphatic carbocycles. The fourth-order valence-corrected chi connectivity index (χ4v) is 2.95. The molecule has 0 atom stereocenters. The van der Waals surface area contributed by atoms with Gasteiger partial charge in [-0.1, -0.05) is 44.5 Å². The molecular formula is C18H21ClFN. The van der Waals surface area contributed by atoms with E-state index >= 15 is 0 Å². The maximum atomic E-state index is 13.8. The molecule has 2 aromatic rings. The number of rotatable bonds is 4. The van der Waals surface area contributed by atoms with Crippen LogP contribution in [0.25, 0.3) is 11.1 Å². The van der Waals surface area contributed by atoms with Crippen molar-refractivity contribution >= 4 is 17.3 Å². The summed E-state index contributed by atoms with van der Waals surface area (Å²) in [6, 6.07) is 7.12. The molecule has 1 nitrogen and oxygen atoms in total. The van der Waals surface area contributed by atoms with Gasteiger partial charge in [0.25, 0.3) is 0 Å². The lowest BCUT2D eigenvalue weighted by atomic mass is 9.88. The molecule has 0 aromatic heterocycles. The molecule has 0 bridgehead atoms. The minimum atomic E-state index is -0.354. The van der Waals surface area contributed by atoms with Gasteiger partial charge in [-0.15, -0.1) is 0 Å². The first-order chi connectivity index (χ1) is 10.0. The molecule has 3 heteroatoms.